The van der Waals surface area contributed by atoms with E-state index in [1.807, 2.05) is 40.9 Å². The van der Waals surface area contributed by atoms with Gasteiger partial charge in [-0.05, 0) is 31.9 Å². The summed E-state index contributed by atoms with van der Waals surface area (Å²) in [5.41, 5.74) is 1.75. The van der Waals surface area contributed by atoms with Crippen LogP contribution in [0.2, 0.25) is 0 Å². The first kappa shape index (κ1) is 17.6. The minimum absolute atomic E-state index is 0.0102. The fourth-order valence-corrected chi connectivity index (χ4v) is 5.30. The van der Waals surface area contributed by atoms with Gasteiger partial charge >= 0.3 is 0 Å². The van der Waals surface area contributed by atoms with Crippen LogP contribution in [0.25, 0.3) is 5.13 Å². The fraction of sp³-hybridized carbons (Fsp3) is 0.368. The van der Waals surface area contributed by atoms with Crippen LogP contribution >= 0.6 is 22.7 Å². The maximum Gasteiger partial charge on any atom is 0.266 e. The molecule has 2 aliphatic rings. The highest BCUT2D eigenvalue weighted by Gasteiger charge is 2.31. The van der Waals surface area contributed by atoms with Crippen molar-refractivity contribution in [1.29, 1.82) is 0 Å². The summed E-state index contributed by atoms with van der Waals surface area (Å²) in [6.07, 6.45) is 6.50. The minimum Gasteiger partial charge on any atom is -0.332 e. The summed E-state index contributed by atoms with van der Waals surface area (Å²) in [5.74, 6) is 0.232. The van der Waals surface area contributed by atoms with Gasteiger partial charge in [-0.25, -0.2) is 9.97 Å². The van der Waals surface area contributed by atoms with E-state index in [1.165, 1.54) is 22.7 Å². The molecule has 0 saturated heterocycles. The lowest BCUT2D eigenvalue weighted by atomic mass is 10.1. The van der Waals surface area contributed by atoms with Crippen LogP contribution < -0.4 is 5.32 Å². The molecule has 9 heteroatoms. The summed E-state index contributed by atoms with van der Waals surface area (Å²) in [7, 11) is 0. The van der Waals surface area contributed by atoms with Crippen LogP contribution in [0.4, 0.5) is 5.13 Å². The molecule has 0 atom stereocenters. The summed E-state index contributed by atoms with van der Waals surface area (Å²) in [5, 5.41) is 4.37. The van der Waals surface area contributed by atoms with Crippen molar-refractivity contribution >= 4 is 39.6 Å². The summed E-state index contributed by atoms with van der Waals surface area (Å²) in [4.78, 5) is 37.8. The second-order valence-electron chi connectivity index (χ2n) is 7.13. The molecule has 0 unspecified atom stereocenters. The molecule has 1 aliphatic heterocycles. The van der Waals surface area contributed by atoms with Crippen molar-refractivity contribution in [2.45, 2.75) is 32.7 Å². The maximum absolute atomic E-state index is 13.1. The van der Waals surface area contributed by atoms with E-state index in [9.17, 15) is 9.59 Å². The third-order valence-corrected chi connectivity index (χ3v) is 7.16. The fourth-order valence-electron chi connectivity index (χ4n) is 3.27. The van der Waals surface area contributed by atoms with E-state index in [0.717, 1.165) is 34.2 Å². The number of carbonyl (C=O) groups excluding carboxylic acids is 2. The van der Waals surface area contributed by atoms with Crippen LogP contribution in [0, 0.1) is 12.8 Å². The highest BCUT2D eigenvalue weighted by Crippen LogP contribution is 2.33. The van der Waals surface area contributed by atoms with E-state index in [1.54, 1.807) is 0 Å². The van der Waals surface area contributed by atoms with Crippen LogP contribution in [0.5, 0.6) is 0 Å². The Balaban J connectivity index is 1.32. The van der Waals surface area contributed by atoms with Crippen LogP contribution in [-0.2, 0) is 17.8 Å². The molecule has 3 aromatic heterocycles. The van der Waals surface area contributed by atoms with Gasteiger partial charge in [0.25, 0.3) is 5.91 Å². The summed E-state index contributed by atoms with van der Waals surface area (Å²) < 4.78 is 1.92. The van der Waals surface area contributed by atoms with Crippen molar-refractivity contribution < 1.29 is 9.59 Å². The van der Waals surface area contributed by atoms with E-state index in [2.05, 4.69) is 15.3 Å². The number of carbonyl (C=O) groups is 2. The highest BCUT2D eigenvalue weighted by atomic mass is 32.1. The van der Waals surface area contributed by atoms with Crippen molar-refractivity contribution in [3.63, 3.8) is 0 Å². The Hall–Kier alpha value is -2.52. The molecular weight excluding hydrogens is 394 g/mol. The van der Waals surface area contributed by atoms with Crippen molar-refractivity contribution in [3.8, 4) is 5.13 Å². The number of fused-ring (bicyclic) bond motifs is 1. The van der Waals surface area contributed by atoms with Gasteiger partial charge in [0, 0.05) is 36.2 Å². The molecule has 1 N–H and O–H groups in total. The number of amides is 2. The molecule has 28 heavy (non-hydrogen) atoms. The number of aromatic nitrogens is 3. The number of thiazole rings is 2. The average Bonchev–Trinajstić information content (AvgIpc) is 3.08. The lowest BCUT2D eigenvalue weighted by Crippen LogP contribution is -2.35. The zero-order valence-electron chi connectivity index (χ0n) is 15.3. The zero-order valence-corrected chi connectivity index (χ0v) is 17.0. The van der Waals surface area contributed by atoms with Crippen LogP contribution in [0.1, 0.15) is 38.8 Å². The Kier molecular flexibility index (Phi) is 4.28. The van der Waals surface area contributed by atoms with E-state index in [0.29, 0.717) is 29.5 Å². The molecule has 0 radical (unpaired) electrons. The van der Waals surface area contributed by atoms with Crippen molar-refractivity contribution in [1.82, 2.24) is 19.4 Å². The first-order chi connectivity index (χ1) is 13.6. The lowest BCUT2D eigenvalue weighted by Gasteiger charge is -2.25. The molecule has 1 aliphatic carbocycles. The average molecular weight is 414 g/mol. The zero-order chi connectivity index (χ0) is 19.3. The second kappa shape index (κ2) is 6.82. The molecular formula is C19H19N5O2S2. The predicted octanol–water partition coefficient (Wildman–Crippen LogP) is 3.25. The molecule has 0 bridgehead atoms. The summed E-state index contributed by atoms with van der Waals surface area (Å²) >= 11 is 2.89. The number of hydrogen-bond acceptors (Lipinski definition) is 6. The van der Waals surface area contributed by atoms with Crippen molar-refractivity contribution in [2.75, 3.05) is 11.9 Å². The van der Waals surface area contributed by atoms with Crippen molar-refractivity contribution in [2.24, 2.45) is 5.92 Å². The third-order valence-electron chi connectivity index (χ3n) is 5.00. The van der Waals surface area contributed by atoms with Gasteiger partial charge in [0.2, 0.25) is 5.91 Å². The summed E-state index contributed by atoms with van der Waals surface area (Å²) in [6.45, 7) is 3.04. The van der Waals surface area contributed by atoms with Gasteiger partial charge in [0.1, 0.15) is 4.88 Å². The largest absolute Gasteiger partial charge is 0.332 e. The quantitative estimate of drug-likeness (QED) is 0.712. The molecule has 0 spiro atoms. The number of anilines is 1. The molecule has 5 rings (SSSR count). The maximum atomic E-state index is 13.1. The number of nitrogens with zero attached hydrogens (tertiary/aromatic N) is 4. The normalized spacial score (nSPS) is 16.1. The van der Waals surface area contributed by atoms with E-state index < -0.39 is 0 Å². The monoisotopic (exact) mass is 413 g/mol. The summed E-state index contributed by atoms with van der Waals surface area (Å²) in [6, 6.07) is 3.88. The Labute approximate surface area is 170 Å². The molecule has 1 fully saturated rings. The molecule has 144 valence electrons. The van der Waals surface area contributed by atoms with Gasteiger partial charge in [-0.1, -0.05) is 22.7 Å². The van der Waals surface area contributed by atoms with Crippen LogP contribution in [0.3, 0.4) is 0 Å². The van der Waals surface area contributed by atoms with Gasteiger partial charge in [-0.2, -0.15) is 0 Å². The van der Waals surface area contributed by atoms with Gasteiger partial charge in [-0.3, -0.25) is 9.59 Å². The molecule has 4 heterocycles. The third kappa shape index (κ3) is 3.24. The lowest BCUT2D eigenvalue weighted by molar-refractivity contribution is -0.117. The van der Waals surface area contributed by atoms with E-state index in [-0.39, 0.29) is 17.7 Å². The first-order valence-electron chi connectivity index (χ1n) is 9.28. The standard InChI is InChI=1S/C19H19N5O2S2/c1-11-15(28-19(20-11)23-7-2-3-8-23)17(26)24-9-6-13-14(10-24)27-18(21-13)22-16(25)12-4-5-12/h2-3,7-8,12H,4-6,9-10H2,1H3,(H,21,22,25). The Bertz CT molecular complexity index is 1050. The predicted molar refractivity (Wildman–Crippen MR) is 108 cm³/mol. The van der Waals surface area contributed by atoms with Gasteiger partial charge < -0.3 is 14.8 Å². The topological polar surface area (TPSA) is 80.1 Å². The molecule has 7 nitrogen and oxygen atoms in total. The smallest absolute Gasteiger partial charge is 0.266 e. The van der Waals surface area contributed by atoms with Crippen LogP contribution in [0.15, 0.2) is 24.5 Å². The second-order valence-corrected chi connectivity index (χ2v) is 9.19. The Morgan fingerprint density at radius 2 is 1.96 bits per heavy atom. The van der Waals surface area contributed by atoms with Gasteiger partial charge in [0.05, 0.1) is 17.9 Å². The van der Waals surface area contributed by atoms with Crippen LogP contribution in [-0.4, -0.2) is 37.8 Å². The molecule has 1 saturated carbocycles. The number of nitrogens with one attached hydrogen (secondary N) is 1. The molecule has 0 aromatic carbocycles. The van der Waals surface area contributed by atoms with Gasteiger partial charge in [-0.15, -0.1) is 0 Å². The SMILES string of the molecule is Cc1nc(-n2cccc2)sc1C(=O)N1CCc2nc(NC(=O)C3CC3)sc2C1. The van der Waals surface area contributed by atoms with E-state index in [4.69, 9.17) is 0 Å². The number of hydrogen-bond donors (Lipinski definition) is 1. The number of aryl methyl sites for hydroxylation is 1. The first-order valence-corrected chi connectivity index (χ1v) is 10.9. The molecule has 3 aromatic rings. The Morgan fingerprint density at radius 3 is 2.71 bits per heavy atom. The van der Waals surface area contributed by atoms with E-state index >= 15 is 0 Å². The van der Waals surface area contributed by atoms with Crippen molar-refractivity contribution in [3.05, 3.63) is 45.7 Å². The highest BCUT2D eigenvalue weighted by molar-refractivity contribution is 7.16. The number of rotatable bonds is 4. The Morgan fingerprint density at radius 1 is 1.18 bits per heavy atom. The molecule has 2 amide bonds. The van der Waals surface area contributed by atoms with Gasteiger partial charge in [0.15, 0.2) is 10.3 Å². The minimum atomic E-state index is 0.0102.